The fraction of sp³-hybridized carbons (Fsp3) is 0.286. The number of thiophene rings is 1. The molecule has 0 radical (unpaired) electrons. The van der Waals surface area contributed by atoms with Crippen LogP contribution >= 0.6 is 11.3 Å². The standard InChI is InChI=1S/C14H14F3NS/c1-10(13-6-3-7-19-13)18-9-11-4-2-5-12(8-11)14(15,16)17/h2-8,10,18H,9H2,1H3/t10-/m1/s1. The lowest BCUT2D eigenvalue weighted by atomic mass is 10.1. The summed E-state index contributed by atoms with van der Waals surface area (Å²) in [4.78, 5) is 1.17. The summed E-state index contributed by atoms with van der Waals surface area (Å²) in [5.74, 6) is 0. The van der Waals surface area contributed by atoms with Crippen LogP contribution in [0.25, 0.3) is 0 Å². The fourth-order valence-electron chi connectivity index (χ4n) is 1.77. The molecule has 0 bridgehead atoms. The zero-order valence-electron chi connectivity index (χ0n) is 10.4. The molecule has 1 nitrogen and oxygen atoms in total. The van der Waals surface area contributed by atoms with Crippen LogP contribution in [0.4, 0.5) is 13.2 Å². The molecule has 0 unspecified atom stereocenters. The SMILES string of the molecule is C[C@@H](NCc1cccc(C(F)(F)F)c1)c1cccs1. The number of hydrogen-bond acceptors (Lipinski definition) is 2. The Bertz CT molecular complexity index is 520. The van der Waals surface area contributed by atoms with E-state index in [1.54, 1.807) is 17.4 Å². The normalized spacial score (nSPS) is 13.5. The summed E-state index contributed by atoms with van der Waals surface area (Å²) in [6.45, 7) is 2.42. The lowest BCUT2D eigenvalue weighted by Gasteiger charge is -2.13. The van der Waals surface area contributed by atoms with E-state index in [4.69, 9.17) is 0 Å². The largest absolute Gasteiger partial charge is 0.416 e. The highest BCUT2D eigenvalue weighted by atomic mass is 32.1. The lowest BCUT2D eigenvalue weighted by Crippen LogP contribution is -2.17. The summed E-state index contributed by atoms with van der Waals surface area (Å²) in [5.41, 5.74) is 0.0359. The van der Waals surface area contributed by atoms with Crippen molar-refractivity contribution in [2.75, 3.05) is 0 Å². The molecule has 1 aromatic heterocycles. The van der Waals surface area contributed by atoms with Gasteiger partial charge in [-0.25, -0.2) is 0 Å². The van der Waals surface area contributed by atoms with Crippen molar-refractivity contribution in [1.82, 2.24) is 5.32 Å². The highest BCUT2D eigenvalue weighted by Gasteiger charge is 2.30. The van der Waals surface area contributed by atoms with Gasteiger partial charge in [0.1, 0.15) is 0 Å². The first-order valence-electron chi connectivity index (χ1n) is 5.90. The van der Waals surface area contributed by atoms with Crippen molar-refractivity contribution in [3.63, 3.8) is 0 Å². The van der Waals surface area contributed by atoms with Gasteiger partial charge in [-0.05, 0) is 30.0 Å². The number of halogens is 3. The molecule has 0 aliphatic heterocycles. The van der Waals surface area contributed by atoms with Gasteiger partial charge in [0, 0.05) is 17.5 Å². The Balaban J connectivity index is 2.00. The molecule has 102 valence electrons. The molecule has 5 heteroatoms. The van der Waals surface area contributed by atoms with Crippen LogP contribution in [0.2, 0.25) is 0 Å². The highest BCUT2D eigenvalue weighted by Crippen LogP contribution is 2.29. The van der Waals surface area contributed by atoms with Crippen LogP contribution in [0.5, 0.6) is 0 Å². The van der Waals surface area contributed by atoms with Crippen molar-refractivity contribution in [3.8, 4) is 0 Å². The van der Waals surface area contributed by atoms with Crippen LogP contribution in [0, 0.1) is 0 Å². The van der Waals surface area contributed by atoms with Crippen LogP contribution in [-0.2, 0) is 12.7 Å². The lowest BCUT2D eigenvalue weighted by molar-refractivity contribution is -0.137. The van der Waals surface area contributed by atoms with Crippen LogP contribution in [-0.4, -0.2) is 0 Å². The molecule has 1 heterocycles. The van der Waals surface area contributed by atoms with Crippen LogP contribution in [0.3, 0.4) is 0 Å². The third kappa shape index (κ3) is 3.81. The Morgan fingerprint density at radius 3 is 2.63 bits per heavy atom. The Kier molecular flexibility index (Phi) is 4.27. The van der Waals surface area contributed by atoms with E-state index in [2.05, 4.69) is 5.32 Å². The minimum atomic E-state index is -4.28. The molecule has 2 aromatic rings. The second-order valence-corrected chi connectivity index (χ2v) is 5.30. The second kappa shape index (κ2) is 5.75. The summed E-state index contributed by atoms with van der Waals surface area (Å²) < 4.78 is 37.7. The van der Waals surface area contributed by atoms with E-state index >= 15 is 0 Å². The minimum Gasteiger partial charge on any atom is -0.305 e. The van der Waals surface area contributed by atoms with E-state index in [0.717, 1.165) is 6.07 Å². The topological polar surface area (TPSA) is 12.0 Å². The maximum atomic E-state index is 12.6. The van der Waals surface area contributed by atoms with E-state index in [-0.39, 0.29) is 6.04 Å². The van der Waals surface area contributed by atoms with Gasteiger partial charge in [-0.2, -0.15) is 13.2 Å². The smallest absolute Gasteiger partial charge is 0.305 e. The Morgan fingerprint density at radius 1 is 1.21 bits per heavy atom. The van der Waals surface area contributed by atoms with E-state index in [0.29, 0.717) is 12.1 Å². The van der Waals surface area contributed by atoms with Crippen LogP contribution in [0.15, 0.2) is 41.8 Å². The van der Waals surface area contributed by atoms with Gasteiger partial charge in [-0.15, -0.1) is 11.3 Å². The van der Waals surface area contributed by atoms with Crippen molar-refractivity contribution in [2.45, 2.75) is 25.7 Å². The van der Waals surface area contributed by atoms with Crippen molar-refractivity contribution in [2.24, 2.45) is 0 Å². The zero-order valence-corrected chi connectivity index (χ0v) is 11.2. The number of benzene rings is 1. The van der Waals surface area contributed by atoms with Gasteiger partial charge < -0.3 is 5.32 Å². The molecule has 1 N–H and O–H groups in total. The average molecular weight is 285 g/mol. The first kappa shape index (κ1) is 14.1. The molecule has 0 spiro atoms. The van der Waals surface area contributed by atoms with Gasteiger partial charge in [0.2, 0.25) is 0 Å². The predicted octanol–water partition coefficient (Wildman–Crippen LogP) is 4.62. The maximum absolute atomic E-state index is 12.6. The molecule has 0 aliphatic rings. The molecule has 2 rings (SSSR count). The van der Waals surface area contributed by atoms with Gasteiger partial charge in [-0.1, -0.05) is 24.3 Å². The molecule has 1 atom stereocenters. The quantitative estimate of drug-likeness (QED) is 0.864. The van der Waals surface area contributed by atoms with E-state index in [1.807, 2.05) is 24.4 Å². The zero-order chi connectivity index (χ0) is 13.9. The molecule has 0 aliphatic carbocycles. The number of alkyl halides is 3. The second-order valence-electron chi connectivity index (χ2n) is 4.32. The summed E-state index contributed by atoms with van der Waals surface area (Å²) >= 11 is 1.63. The van der Waals surface area contributed by atoms with Gasteiger partial charge in [0.25, 0.3) is 0 Å². The van der Waals surface area contributed by atoms with Crippen molar-refractivity contribution >= 4 is 11.3 Å². The maximum Gasteiger partial charge on any atom is 0.416 e. The monoisotopic (exact) mass is 285 g/mol. The van der Waals surface area contributed by atoms with E-state index in [1.165, 1.54) is 17.0 Å². The Hall–Kier alpha value is -1.33. The van der Waals surface area contributed by atoms with Gasteiger partial charge in [0.05, 0.1) is 5.56 Å². The fourth-order valence-corrected chi connectivity index (χ4v) is 2.53. The van der Waals surface area contributed by atoms with Crippen molar-refractivity contribution in [3.05, 3.63) is 57.8 Å². The molecular weight excluding hydrogens is 271 g/mol. The van der Waals surface area contributed by atoms with E-state index < -0.39 is 11.7 Å². The molecule has 1 aromatic carbocycles. The number of nitrogens with one attached hydrogen (secondary N) is 1. The molecule has 0 saturated heterocycles. The van der Waals surface area contributed by atoms with Crippen molar-refractivity contribution < 1.29 is 13.2 Å². The minimum absolute atomic E-state index is 0.134. The molecule has 0 saturated carbocycles. The average Bonchev–Trinajstić information content (AvgIpc) is 2.89. The molecular formula is C14H14F3NS. The molecule has 19 heavy (non-hydrogen) atoms. The number of rotatable bonds is 4. The molecule has 0 amide bonds. The van der Waals surface area contributed by atoms with Gasteiger partial charge in [-0.3, -0.25) is 0 Å². The van der Waals surface area contributed by atoms with Crippen molar-refractivity contribution in [1.29, 1.82) is 0 Å². The molecule has 0 fully saturated rings. The third-order valence-electron chi connectivity index (χ3n) is 2.84. The Labute approximate surface area is 114 Å². The summed E-state index contributed by atoms with van der Waals surface area (Å²) in [7, 11) is 0. The van der Waals surface area contributed by atoms with Crippen LogP contribution < -0.4 is 5.32 Å². The highest BCUT2D eigenvalue weighted by molar-refractivity contribution is 7.10. The summed E-state index contributed by atoms with van der Waals surface area (Å²) in [6.07, 6.45) is -4.28. The third-order valence-corrected chi connectivity index (χ3v) is 3.89. The summed E-state index contributed by atoms with van der Waals surface area (Å²) in [5, 5.41) is 5.21. The summed E-state index contributed by atoms with van der Waals surface area (Å²) in [6, 6.07) is 9.52. The predicted molar refractivity (Wildman–Crippen MR) is 71.0 cm³/mol. The van der Waals surface area contributed by atoms with Gasteiger partial charge in [0.15, 0.2) is 0 Å². The van der Waals surface area contributed by atoms with Crippen LogP contribution in [0.1, 0.15) is 29.0 Å². The van der Waals surface area contributed by atoms with E-state index in [9.17, 15) is 13.2 Å². The number of hydrogen-bond donors (Lipinski definition) is 1. The first-order chi connectivity index (χ1) is 8.97. The first-order valence-corrected chi connectivity index (χ1v) is 6.77. The van der Waals surface area contributed by atoms with Gasteiger partial charge >= 0.3 is 6.18 Å². The Morgan fingerprint density at radius 2 is 2.00 bits per heavy atom.